The number of aromatic carboxylic acids is 1. The molecule has 24 heavy (non-hydrogen) atoms. The maximum absolute atomic E-state index is 12.9. The summed E-state index contributed by atoms with van der Waals surface area (Å²) in [5.41, 5.74) is 3.59. The number of amides is 1. The van der Waals surface area contributed by atoms with Gasteiger partial charge in [-0.1, -0.05) is 26.0 Å². The number of carbonyl (C=O) groups excluding carboxylic acids is 1. The minimum atomic E-state index is -1.13. The van der Waals surface area contributed by atoms with Gasteiger partial charge in [0.25, 0.3) is 5.91 Å². The second-order valence-corrected chi connectivity index (χ2v) is 6.34. The van der Waals surface area contributed by atoms with E-state index in [9.17, 15) is 9.59 Å². The monoisotopic (exact) mass is 324 g/mol. The van der Waals surface area contributed by atoms with Crippen LogP contribution in [0.1, 0.15) is 58.2 Å². The quantitative estimate of drug-likeness (QED) is 0.938. The largest absolute Gasteiger partial charge is 0.477 e. The van der Waals surface area contributed by atoms with Crippen molar-refractivity contribution in [3.05, 3.63) is 58.9 Å². The van der Waals surface area contributed by atoms with Gasteiger partial charge in [0, 0.05) is 24.0 Å². The van der Waals surface area contributed by atoms with E-state index < -0.39 is 5.97 Å². The number of carbonyl (C=O) groups is 2. The summed E-state index contributed by atoms with van der Waals surface area (Å²) < 4.78 is 0. The van der Waals surface area contributed by atoms with E-state index in [1.807, 2.05) is 6.07 Å². The lowest BCUT2D eigenvalue weighted by Gasteiger charge is -2.30. The maximum atomic E-state index is 12.9. The minimum absolute atomic E-state index is 0.117. The number of benzene rings is 1. The molecule has 1 aromatic heterocycles. The van der Waals surface area contributed by atoms with Crippen molar-refractivity contribution in [1.82, 2.24) is 4.98 Å². The van der Waals surface area contributed by atoms with Crippen molar-refractivity contribution < 1.29 is 14.7 Å². The number of hydrogen-bond donors (Lipinski definition) is 1. The number of anilines is 1. The summed E-state index contributed by atoms with van der Waals surface area (Å²) in [5.74, 6) is -0.872. The number of fused-ring (bicyclic) bond motifs is 1. The van der Waals surface area contributed by atoms with Crippen molar-refractivity contribution in [2.24, 2.45) is 0 Å². The molecular formula is C19H20N2O3. The summed E-state index contributed by atoms with van der Waals surface area (Å²) in [6.45, 7) is 4.94. The first kappa shape index (κ1) is 16.2. The molecule has 1 N–H and O–H groups in total. The van der Waals surface area contributed by atoms with Gasteiger partial charge in [0.1, 0.15) is 5.69 Å². The van der Waals surface area contributed by atoms with Gasteiger partial charge >= 0.3 is 5.97 Å². The maximum Gasteiger partial charge on any atom is 0.354 e. The molecule has 0 saturated carbocycles. The Morgan fingerprint density at radius 1 is 1.21 bits per heavy atom. The summed E-state index contributed by atoms with van der Waals surface area (Å²) in [4.78, 5) is 29.4. The van der Waals surface area contributed by atoms with Crippen molar-refractivity contribution in [2.75, 3.05) is 11.4 Å². The zero-order chi connectivity index (χ0) is 17.3. The molecule has 0 atom stereocenters. The van der Waals surface area contributed by atoms with Crippen molar-refractivity contribution >= 4 is 17.6 Å². The lowest BCUT2D eigenvalue weighted by molar-refractivity contribution is 0.0690. The van der Waals surface area contributed by atoms with Crippen LogP contribution in [-0.2, 0) is 6.42 Å². The van der Waals surface area contributed by atoms with Gasteiger partial charge in [-0.15, -0.1) is 0 Å². The zero-order valence-corrected chi connectivity index (χ0v) is 13.8. The summed E-state index contributed by atoms with van der Waals surface area (Å²) >= 11 is 0. The summed E-state index contributed by atoms with van der Waals surface area (Å²) in [6.07, 6.45) is 3.22. The van der Waals surface area contributed by atoms with E-state index in [4.69, 9.17) is 5.11 Å². The van der Waals surface area contributed by atoms with E-state index in [1.165, 1.54) is 23.4 Å². The number of rotatable bonds is 3. The number of aryl methyl sites for hydroxylation is 1. The molecule has 0 aliphatic carbocycles. The van der Waals surface area contributed by atoms with Crippen molar-refractivity contribution in [3.63, 3.8) is 0 Å². The third-order valence-corrected chi connectivity index (χ3v) is 4.36. The van der Waals surface area contributed by atoms with Crippen molar-refractivity contribution in [2.45, 2.75) is 32.6 Å². The average Bonchev–Trinajstić information content (AvgIpc) is 2.60. The van der Waals surface area contributed by atoms with E-state index in [0.29, 0.717) is 18.0 Å². The highest BCUT2D eigenvalue weighted by Crippen LogP contribution is 2.31. The van der Waals surface area contributed by atoms with Gasteiger partial charge in [0.05, 0.1) is 0 Å². The molecule has 124 valence electrons. The Kier molecular flexibility index (Phi) is 4.34. The second kappa shape index (κ2) is 6.43. The lowest BCUT2D eigenvalue weighted by atomic mass is 9.94. The van der Waals surface area contributed by atoms with Crippen LogP contribution in [0.4, 0.5) is 5.69 Å². The molecule has 3 rings (SSSR count). The Hall–Kier alpha value is -2.69. The van der Waals surface area contributed by atoms with Crippen LogP contribution in [0, 0.1) is 0 Å². The molecule has 0 saturated heterocycles. The SMILES string of the molecule is CC(C)c1ccc2c(c1)CCCN2C(=O)c1ccnc(C(=O)O)c1. The highest BCUT2D eigenvalue weighted by molar-refractivity contribution is 6.07. The molecule has 0 unspecified atom stereocenters. The molecule has 0 radical (unpaired) electrons. The fourth-order valence-electron chi connectivity index (χ4n) is 3.02. The first-order valence-electron chi connectivity index (χ1n) is 8.11. The van der Waals surface area contributed by atoms with Gasteiger partial charge in [-0.25, -0.2) is 9.78 Å². The van der Waals surface area contributed by atoms with Crippen LogP contribution in [0.25, 0.3) is 0 Å². The molecule has 1 amide bonds. The molecule has 5 heteroatoms. The fourth-order valence-corrected chi connectivity index (χ4v) is 3.02. The first-order valence-corrected chi connectivity index (χ1v) is 8.11. The Morgan fingerprint density at radius 2 is 2.00 bits per heavy atom. The predicted octanol–water partition coefficient (Wildman–Crippen LogP) is 3.50. The van der Waals surface area contributed by atoms with E-state index >= 15 is 0 Å². The molecular weight excluding hydrogens is 304 g/mol. The van der Waals surface area contributed by atoms with Crippen LogP contribution in [0.3, 0.4) is 0 Å². The minimum Gasteiger partial charge on any atom is -0.477 e. The molecule has 1 aliphatic rings. The predicted molar refractivity (Wildman–Crippen MR) is 91.7 cm³/mol. The zero-order valence-electron chi connectivity index (χ0n) is 13.8. The van der Waals surface area contributed by atoms with Crippen LogP contribution in [0.5, 0.6) is 0 Å². The number of hydrogen-bond acceptors (Lipinski definition) is 3. The van der Waals surface area contributed by atoms with Crippen molar-refractivity contribution in [3.8, 4) is 0 Å². The van der Waals surface area contributed by atoms with Gasteiger partial charge in [-0.3, -0.25) is 4.79 Å². The standard InChI is InChI=1S/C19H20N2O3/c1-12(2)13-5-6-17-14(10-13)4-3-9-21(17)18(22)15-7-8-20-16(11-15)19(23)24/h5-8,10-12H,3-4,9H2,1-2H3,(H,23,24). The first-order chi connectivity index (χ1) is 11.5. The third-order valence-electron chi connectivity index (χ3n) is 4.36. The number of nitrogens with zero attached hydrogens (tertiary/aromatic N) is 2. The molecule has 0 bridgehead atoms. The highest BCUT2D eigenvalue weighted by Gasteiger charge is 2.24. The molecule has 0 spiro atoms. The Bertz CT molecular complexity index is 799. The van der Waals surface area contributed by atoms with E-state index in [-0.39, 0.29) is 11.6 Å². The van der Waals surface area contributed by atoms with Crippen LogP contribution in [0.2, 0.25) is 0 Å². The van der Waals surface area contributed by atoms with Crippen molar-refractivity contribution in [1.29, 1.82) is 0 Å². The molecule has 1 aromatic carbocycles. The molecule has 0 fully saturated rings. The number of pyridine rings is 1. The fraction of sp³-hybridized carbons (Fsp3) is 0.316. The molecule has 2 heterocycles. The summed E-state index contributed by atoms with van der Waals surface area (Å²) in [6, 6.07) is 9.13. The highest BCUT2D eigenvalue weighted by atomic mass is 16.4. The number of aromatic nitrogens is 1. The summed E-state index contributed by atoms with van der Waals surface area (Å²) in [5, 5.41) is 9.05. The van der Waals surface area contributed by atoms with Gasteiger partial charge in [0.15, 0.2) is 0 Å². The third kappa shape index (κ3) is 3.02. The Balaban J connectivity index is 1.95. The lowest BCUT2D eigenvalue weighted by Crippen LogP contribution is -2.35. The second-order valence-electron chi connectivity index (χ2n) is 6.34. The van der Waals surface area contributed by atoms with Gasteiger partial charge in [-0.2, -0.15) is 0 Å². The number of carboxylic acid groups (broad SMARTS) is 1. The summed E-state index contributed by atoms with van der Waals surface area (Å²) in [7, 11) is 0. The molecule has 5 nitrogen and oxygen atoms in total. The Morgan fingerprint density at radius 3 is 2.71 bits per heavy atom. The molecule has 2 aromatic rings. The van der Waals surface area contributed by atoms with Crippen LogP contribution < -0.4 is 4.90 Å². The Labute approximate surface area is 140 Å². The van der Waals surface area contributed by atoms with Gasteiger partial charge < -0.3 is 10.0 Å². The topological polar surface area (TPSA) is 70.5 Å². The van der Waals surface area contributed by atoms with Gasteiger partial charge in [-0.05, 0) is 48.1 Å². The van der Waals surface area contributed by atoms with Gasteiger partial charge in [0.2, 0.25) is 0 Å². The number of carboxylic acids is 1. The normalized spacial score (nSPS) is 13.7. The van der Waals surface area contributed by atoms with E-state index in [2.05, 4.69) is 31.0 Å². The van der Waals surface area contributed by atoms with Crippen LogP contribution in [0.15, 0.2) is 36.5 Å². The molecule has 1 aliphatic heterocycles. The van der Waals surface area contributed by atoms with Crippen LogP contribution in [-0.4, -0.2) is 28.5 Å². The van der Waals surface area contributed by atoms with Crippen LogP contribution >= 0.6 is 0 Å². The average molecular weight is 324 g/mol. The van der Waals surface area contributed by atoms with E-state index in [1.54, 1.807) is 11.0 Å². The van der Waals surface area contributed by atoms with E-state index in [0.717, 1.165) is 18.5 Å². The smallest absolute Gasteiger partial charge is 0.354 e.